The summed E-state index contributed by atoms with van der Waals surface area (Å²) >= 11 is 3.23. The lowest BCUT2D eigenvalue weighted by Crippen LogP contribution is -1.88. The monoisotopic (exact) mass is 248 g/mol. The Labute approximate surface area is 101 Å². The van der Waals surface area contributed by atoms with Crippen LogP contribution in [0.2, 0.25) is 0 Å². The van der Waals surface area contributed by atoms with Gasteiger partial charge in [-0.1, -0.05) is 23.5 Å². The van der Waals surface area contributed by atoms with Gasteiger partial charge >= 0.3 is 0 Å². The van der Waals surface area contributed by atoms with Gasteiger partial charge < -0.3 is 10.2 Å². The van der Waals surface area contributed by atoms with Gasteiger partial charge in [-0.3, -0.25) is 0 Å². The summed E-state index contributed by atoms with van der Waals surface area (Å²) in [5.41, 5.74) is 0. The van der Waals surface area contributed by atoms with Crippen molar-refractivity contribution in [2.45, 2.75) is 19.6 Å². The zero-order chi connectivity index (χ0) is 11.1. The summed E-state index contributed by atoms with van der Waals surface area (Å²) in [5, 5.41) is 18.8. The second-order valence-electron chi connectivity index (χ2n) is 3.47. The van der Waals surface area contributed by atoms with Crippen LogP contribution in [0.1, 0.15) is 0 Å². The molecule has 1 aliphatic heterocycles. The molecule has 3 rings (SSSR count). The molecule has 0 saturated heterocycles. The van der Waals surface area contributed by atoms with E-state index >= 15 is 0 Å². The Balaban J connectivity index is 2.09. The molecule has 0 bridgehead atoms. The molecule has 2 nitrogen and oxygen atoms in total. The first-order valence-corrected chi connectivity index (χ1v) is 6.37. The fourth-order valence-electron chi connectivity index (χ4n) is 1.56. The van der Waals surface area contributed by atoms with Crippen LogP contribution >= 0.6 is 23.5 Å². The average molecular weight is 248 g/mol. The van der Waals surface area contributed by atoms with Crippen molar-refractivity contribution in [2.24, 2.45) is 0 Å². The molecular formula is C12H8O2S2. The van der Waals surface area contributed by atoms with Crippen molar-refractivity contribution in [1.29, 1.82) is 0 Å². The molecule has 2 N–H and O–H groups in total. The zero-order valence-electron chi connectivity index (χ0n) is 8.18. The standard InChI is InChI=1S/C12H8O2S2/c13-7-1-3-9-11(5-7)16-10-4-2-8(14)6-12(10)15-9/h1-6,13-14H. The molecule has 0 spiro atoms. The number of aromatic hydroxyl groups is 2. The van der Waals surface area contributed by atoms with E-state index in [1.54, 1.807) is 47.8 Å². The zero-order valence-corrected chi connectivity index (χ0v) is 9.81. The lowest BCUT2D eigenvalue weighted by molar-refractivity contribution is 0.471. The maximum Gasteiger partial charge on any atom is 0.116 e. The minimum Gasteiger partial charge on any atom is -0.508 e. The number of phenolic OH excluding ortho intramolecular Hbond substituents is 2. The van der Waals surface area contributed by atoms with E-state index in [0.717, 1.165) is 19.6 Å². The van der Waals surface area contributed by atoms with Crippen LogP contribution in [0.5, 0.6) is 11.5 Å². The topological polar surface area (TPSA) is 40.5 Å². The highest BCUT2D eigenvalue weighted by Crippen LogP contribution is 2.49. The van der Waals surface area contributed by atoms with Gasteiger partial charge in [0, 0.05) is 19.6 Å². The average Bonchev–Trinajstić information content (AvgIpc) is 2.26. The fraction of sp³-hybridized carbons (Fsp3) is 0. The first-order valence-electron chi connectivity index (χ1n) is 4.74. The smallest absolute Gasteiger partial charge is 0.116 e. The summed E-state index contributed by atoms with van der Waals surface area (Å²) in [4.78, 5) is 4.34. The van der Waals surface area contributed by atoms with E-state index in [1.807, 2.05) is 12.1 Å². The molecule has 0 unspecified atom stereocenters. The van der Waals surface area contributed by atoms with Crippen LogP contribution in [0.3, 0.4) is 0 Å². The van der Waals surface area contributed by atoms with Crippen molar-refractivity contribution in [3.63, 3.8) is 0 Å². The van der Waals surface area contributed by atoms with E-state index in [0.29, 0.717) is 0 Å². The summed E-state index contributed by atoms with van der Waals surface area (Å²) < 4.78 is 0. The van der Waals surface area contributed by atoms with E-state index in [-0.39, 0.29) is 11.5 Å². The van der Waals surface area contributed by atoms with Gasteiger partial charge in [-0.15, -0.1) is 0 Å². The number of phenols is 2. The Kier molecular flexibility index (Phi) is 2.26. The first-order chi connectivity index (χ1) is 7.72. The second-order valence-corrected chi connectivity index (χ2v) is 5.63. The van der Waals surface area contributed by atoms with E-state index < -0.39 is 0 Å². The van der Waals surface area contributed by atoms with Crippen LogP contribution in [0.15, 0.2) is 56.0 Å². The fourth-order valence-corrected chi connectivity index (χ4v) is 3.82. The van der Waals surface area contributed by atoms with Crippen LogP contribution in [-0.2, 0) is 0 Å². The van der Waals surface area contributed by atoms with Crippen molar-refractivity contribution >= 4 is 23.5 Å². The molecule has 0 radical (unpaired) electrons. The normalized spacial score (nSPS) is 13.0. The molecule has 80 valence electrons. The molecule has 16 heavy (non-hydrogen) atoms. The SMILES string of the molecule is Oc1ccc2c(c1)Sc1ccc(O)cc1S2. The van der Waals surface area contributed by atoms with Crippen LogP contribution in [-0.4, -0.2) is 10.2 Å². The van der Waals surface area contributed by atoms with E-state index in [9.17, 15) is 10.2 Å². The highest BCUT2D eigenvalue weighted by molar-refractivity contribution is 8.05. The number of rotatable bonds is 0. The van der Waals surface area contributed by atoms with Crippen molar-refractivity contribution in [3.05, 3.63) is 36.4 Å². The summed E-state index contributed by atoms with van der Waals surface area (Å²) in [7, 11) is 0. The van der Waals surface area contributed by atoms with Crippen LogP contribution in [0.4, 0.5) is 0 Å². The molecule has 2 aromatic rings. The number of hydrogen-bond acceptors (Lipinski definition) is 4. The highest BCUT2D eigenvalue weighted by atomic mass is 32.2. The predicted octanol–water partition coefficient (Wildman–Crippen LogP) is 3.71. The Hall–Kier alpha value is -1.26. The van der Waals surface area contributed by atoms with Gasteiger partial charge in [0.1, 0.15) is 11.5 Å². The largest absolute Gasteiger partial charge is 0.508 e. The van der Waals surface area contributed by atoms with Crippen molar-refractivity contribution < 1.29 is 10.2 Å². The highest BCUT2D eigenvalue weighted by Gasteiger charge is 2.17. The maximum absolute atomic E-state index is 9.42. The van der Waals surface area contributed by atoms with Crippen molar-refractivity contribution in [1.82, 2.24) is 0 Å². The Morgan fingerprint density at radius 2 is 1.06 bits per heavy atom. The van der Waals surface area contributed by atoms with Gasteiger partial charge in [0.15, 0.2) is 0 Å². The molecule has 1 heterocycles. The summed E-state index contributed by atoms with van der Waals surface area (Å²) in [6.07, 6.45) is 0. The van der Waals surface area contributed by atoms with Gasteiger partial charge in [0.05, 0.1) is 0 Å². The van der Waals surface area contributed by atoms with Crippen molar-refractivity contribution in [2.75, 3.05) is 0 Å². The molecule has 0 aromatic heterocycles. The Morgan fingerprint density at radius 3 is 1.50 bits per heavy atom. The number of hydrogen-bond donors (Lipinski definition) is 2. The molecule has 0 aliphatic carbocycles. The summed E-state index contributed by atoms with van der Waals surface area (Å²) in [5.74, 6) is 0.572. The third-order valence-corrected chi connectivity index (χ3v) is 4.82. The quantitative estimate of drug-likeness (QED) is 0.636. The molecule has 0 fully saturated rings. The minimum absolute atomic E-state index is 0.286. The van der Waals surface area contributed by atoms with Crippen LogP contribution in [0, 0.1) is 0 Å². The van der Waals surface area contributed by atoms with E-state index in [2.05, 4.69) is 0 Å². The summed E-state index contributed by atoms with van der Waals surface area (Å²) in [6.45, 7) is 0. The lowest BCUT2D eigenvalue weighted by Gasteiger charge is -2.18. The van der Waals surface area contributed by atoms with Gasteiger partial charge in [0.25, 0.3) is 0 Å². The summed E-state index contributed by atoms with van der Waals surface area (Å²) in [6, 6.07) is 10.7. The third-order valence-electron chi connectivity index (χ3n) is 2.29. The Morgan fingerprint density at radius 1 is 0.625 bits per heavy atom. The number of fused-ring (bicyclic) bond motifs is 2. The van der Waals surface area contributed by atoms with Gasteiger partial charge in [-0.25, -0.2) is 0 Å². The van der Waals surface area contributed by atoms with E-state index in [1.165, 1.54) is 0 Å². The van der Waals surface area contributed by atoms with Gasteiger partial charge in [0.2, 0.25) is 0 Å². The predicted molar refractivity (Wildman–Crippen MR) is 64.5 cm³/mol. The second kappa shape index (κ2) is 3.64. The molecular weight excluding hydrogens is 240 g/mol. The van der Waals surface area contributed by atoms with Gasteiger partial charge in [-0.2, -0.15) is 0 Å². The molecule has 2 aromatic carbocycles. The van der Waals surface area contributed by atoms with Crippen molar-refractivity contribution in [3.8, 4) is 11.5 Å². The minimum atomic E-state index is 0.286. The first kappa shape index (κ1) is 9.93. The van der Waals surface area contributed by atoms with Crippen LogP contribution < -0.4 is 0 Å². The molecule has 0 amide bonds. The molecule has 0 atom stereocenters. The third kappa shape index (κ3) is 1.64. The van der Waals surface area contributed by atoms with E-state index in [4.69, 9.17) is 0 Å². The molecule has 0 saturated carbocycles. The molecule has 1 aliphatic rings. The lowest BCUT2D eigenvalue weighted by atomic mass is 10.3. The maximum atomic E-state index is 9.42. The molecule has 4 heteroatoms. The number of benzene rings is 2. The Bertz CT molecular complexity index is 515. The van der Waals surface area contributed by atoms with Gasteiger partial charge in [-0.05, 0) is 36.4 Å². The van der Waals surface area contributed by atoms with Crippen LogP contribution in [0.25, 0.3) is 0 Å².